The lowest BCUT2D eigenvalue weighted by molar-refractivity contribution is -0.384. The number of likely N-dealkylation sites (tertiary alicyclic amines) is 1. The first kappa shape index (κ1) is 19.3. The number of hydrogen-bond acceptors (Lipinski definition) is 6. The van der Waals surface area contributed by atoms with Gasteiger partial charge in [0.15, 0.2) is 0 Å². The van der Waals surface area contributed by atoms with Crippen molar-refractivity contribution in [1.82, 2.24) is 10.2 Å². The number of nitrogens with one attached hydrogen (secondary N) is 1. The van der Waals surface area contributed by atoms with Gasteiger partial charge in [0, 0.05) is 49.6 Å². The van der Waals surface area contributed by atoms with Crippen LogP contribution in [0.1, 0.15) is 28.8 Å². The fraction of sp³-hybridized carbons (Fsp3) is 0.562. The molecule has 1 aliphatic rings. The number of sulfone groups is 1. The van der Waals surface area contributed by atoms with E-state index >= 15 is 0 Å². The Bertz CT molecular complexity index is 755. The summed E-state index contributed by atoms with van der Waals surface area (Å²) < 4.78 is 22.4. The Morgan fingerprint density at radius 1 is 1.36 bits per heavy atom. The van der Waals surface area contributed by atoms with Crippen molar-refractivity contribution in [2.24, 2.45) is 0 Å². The number of benzene rings is 1. The summed E-state index contributed by atoms with van der Waals surface area (Å²) in [6.07, 6.45) is 2.73. The summed E-state index contributed by atoms with van der Waals surface area (Å²) in [5.74, 6) is -0.0894. The lowest BCUT2D eigenvalue weighted by Crippen LogP contribution is -2.45. The molecule has 0 saturated carbocycles. The van der Waals surface area contributed by atoms with E-state index < -0.39 is 14.8 Å². The predicted octanol–water partition coefficient (Wildman–Crippen LogP) is 1.14. The Morgan fingerprint density at radius 3 is 2.52 bits per heavy atom. The molecule has 2 rings (SSSR count). The van der Waals surface area contributed by atoms with Crippen LogP contribution in [0.4, 0.5) is 5.69 Å². The van der Waals surface area contributed by atoms with Crippen molar-refractivity contribution >= 4 is 21.4 Å². The van der Waals surface area contributed by atoms with Crippen molar-refractivity contribution in [3.05, 3.63) is 39.4 Å². The maximum Gasteiger partial charge on any atom is 0.269 e. The molecule has 8 nitrogen and oxygen atoms in total. The van der Waals surface area contributed by atoms with Crippen LogP contribution in [0, 0.1) is 17.0 Å². The first-order valence-electron chi connectivity index (χ1n) is 8.12. The van der Waals surface area contributed by atoms with Crippen molar-refractivity contribution in [2.45, 2.75) is 25.8 Å². The molecule has 1 aliphatic heterocycles. The number of aryl methyl sites for hydroxylation is 1. The van der Waals surface area contributed by atoms with Crippen molar-refractivity contribution in [1.29, 1.82) is 0 Å². The Kier molecular flexibility index (Phi) is 6.12. The van der Waals surface area contributed by atoms with Gasteiger partial charge in [-0.2, -0.15) is 0 Å². The highest BCUT2D eigenvalue weighted by atomic mass is 32.2. The monoisotopic (exact) mass is 369 g/mol. The second kappa shape index (κ2) is 7.92. The van der Waals surface area contributed by atoms with Crippen molar-refractivity contribution < 1.29 is 18.1 Å². The molecule has 0 aliphatic carbocycles. The van der Waals surface area contributed by atoms with E-state index in [4.69, 9.17) is 0 Å². The third-order valence-corrected chi connectivity index (χ3v) is 5.29. The highest BCUT2D eigenvalue weighted by Crippen LogP contribution is 2.18. The van der Waals surface area contributed by atoms with Crippen LogP contribution in [0.5, 0.6) is 0 Å². The first-order valence-corrected chi connectivity index (χ1v) is 10.2. The molecule has 0 radical (unpaired) electrons. The zero-order valence-corrected chi connectivity index (χ0v) is 15.2. The molecule has 1 N–H and O–H groups in total. The van der Waals surface area contributed by atoms with Gasteiger partial charge in [-0.1, -0.05) is 0 Å². The Balaban J connectivity index is 1.87. The van der Waals surface area contributed by atoms with E-state index in [1.165, 1.54) is 24.5 Å². The van der Waals surface area contributed by atoms with E-state index in [1.807, 2.05) is 0 Å². The van der Waals surface area contributed by atoms with Crippen LogP contribution in [-0.4, -0.2) is 61.8 Å². The third-order valence-electron chi connectivity index (χ3n) is 4.37. The average Bonchev–Trinajstić information content (AvgIpc) is 2.53. The number of nitro benzene ring substituents is 1. The fourth-order valence-electron chi connectivity index (χ4n) is 2.88. The quantitative estimate of drug-likeness (QED) is 0.595. The molecule has 0 bridgehead atoms. The van der Waals surface area contributed by atoms with Crippen LogP contribution in [0.2, 0.25) is 0 Å². The number of piperidine rings is 1. The number of rotatable bonds is 6. The average molecular weight is 369 g/mol. The van der Waals surface area contributed by atoms with Gasteiger partial charge in [0.25, 0.3) is 11.6 Å². The molecule has 0 aromatic heterocycles. The number of amides is 1. The smallest absolute Gasteiger partial charge is 0.269 e. The minimum atomic E-state index is -2.97. The van der Waals surface area contributed by atoms with Gasteiger partial charge in [-0.05, 0) is 31.4 Å². The van der Waals surface area contributed by atoms with Gasteiger partial charge >= 0.3 is 0 Å². The fourth-order valence-corrected chi connectivity index (χ4v) is 3.46. The summed E-state index contributed by atoms with van der Waals surface area (Å²) in [5, 5.41) is 13.7. The van der Waals surface area contributed by atoms with Gasteiger partial charge < -0.3 is 10.2 Å². The highest BCUT2D eigenvalue weighted by Gasteiger charge is 2.22. The minimum Gasteiger partial charge on any atom is -0.349 e. The van der Waals surface area contributed by atoms with Crippen LogP contribution in [0.3, 0.4) is 0 Å². The standard InChI is InChI=1S/C16H23N3O5S/c1-12-11-14(19(21)22)3-4-15(12)16(20)17-13-5-7-18(8-6-13)9-10-25(2,23)24/h3-4,11,13H,5-10H2,1-2H3,(H,17,20). The molecule has 1 amide bonds. The van der Waals surface area contributed by atoms with E-state index in [-0.39, 0.29) is 23.4 Å². The molecule has 1 aromatic carbocycles. The van der Waals surface area contributed by atoms with Gasteiger partial charge in [0.05, 0.1) is 10.7 Å². The molecule has 138 valence electrons. The van der Waals surface area contributed by atoms with Gasteiger partial charge in [-0.25, -0.2) is 8.42 Å². The molecular weight excluding hydrogens is 346 g/mol. The third kappa shape index (κ3) is 5.79. The molecule has 0 atom stereocenters. The van der Waals surface area contributed by atoms with Crippen LogP contribution in [0.25, 0.3) is 0 Å². The van der Waals surface area contributed by atoms with Gasteiger partial charge in [-0.3, -0.25) is 14.9 Å². The van der Waals surface area contributed by atoms with E-state index in [0.29, 0.717) is 17.7 Å². The minimum absolute atomic E-state index is 0.0246. The van der Waals surface area contributed by atoms with E-state index in [9.17, 15) is 23.3 Å². The second-order valence-electron chi connectivity index (χ2n) is 6.48. The van der Waals surface area contributed by atoms with Gasteiger partial charge in [0.2, 0.25) is 0 Å². The van der Waals surface area contributed by atoms with Crippen molar-refractivity contribution in [2.75, 3.05) is 31.6 Å². The summed E-state index contributed by atoms with van der Waals surface area (Å²) >= 11 is 0. The number of carbonyl (C=O) groups is 1. The van der Waals surface area contributed by atoms with Gasteiger partial charge in [0.1, 0.15) is 9.84 Å². The Hall–Kier alpha value is -2.00. The van der Waals surface area contributed by atoms with Crippen LogP contribution < -0.4 is 5.32 Å². The van der Waals surface area contributed by atoms with Crippen LogP contribution >= 0.6 is 0 Å². The topological polar surface area (TPSA) is 110 Å². The number of nitro groups is 1. The van der Waals surface area contributed by atoms with E-state index in [1.54, 1.807) is 6.92 Å². The number of nitrogens with zero attached hydrogens (tertiary/aromatic N) is 2. The predicted molar refractivity (Wildman–Crippen MR) is 94.5 cm³/mol. The molecule has 0 spiro atoms. The lowest BCUT2D eigenvalue weighted by Gasteiger charge is -2.32. The second-order valence-corrected chi connectivity index (χ2v) is 8.74. The lowest BCUT2D eigenvalue weighted by atomic mass is 10.0. The largest absolute Gasteiger partial charge is 0.349 e. The maximum atomic E-state index is 12.4. The zero-order valence-electron chi connectivity index (χ0n) is 14.4. The molecule has 1 aromatic rings. The summed E-state index contributed by atoms with van der Waals surface area (Å²) in [7, 11) is -2.97. The molecule has 9 heteroatoms. The number of carbonyl (C=O) groups excluding carboxylic acids is 1. The normalized spacial score (nSPS) is 16.6. The summed E-state index contributed by atoms with van der Waals surface area (Å²) in [6, 6.07) is 4.22. The maximum absolute atomic E-state index is 12.4. The molecule has 1 heterocycles. The molecular formula is C16H23N3O5S. The van der Waals surface area contributed by atoms with E-state index in [0.717, 1.165) is 25.9 Å². The number of hydrogen-bond donors (Lipinski definition) is 1. The van der Waals surface area contributed by atoms with E-state index in [2.05, 4.69) is 10.2 Å². The number of non-ortho nitro benzene ring substituents is 1. The molecule has 0 unspecified atom stereocenters. The molecule has 1 fully saturated rings. The van der Waals surface area contributed by atoms with Gasteiger partial charge in [-0.15, -0.1) is 0 Å². The summed E-state index contributed by atoms with van der Waals surface area (Å²) in [6.45, 7) is 3.66. The van der Waals surface area contributed by atoms with Crippen molar-refractivity contribution in [3.63, 3.8) is 0 Å². The molecule has 25 heavy (non-hydrogen) atoms. The summed E-state index contributed by atoms with van der Waals surface area (Å²) in [5.41, 5.74) is 0.968. The highest BCUT2D eigenvalue weighted by molar-refractivity contribution is 7.90. The molecule has 1 saturated heterocycles. The first-order chi connectivity index (χ1) is 11.7. The van der Waals surface area contributed by atoms with Crippen LogP contribution in [-0.2, 0) is 9.84 Å². The van der Waals surface area contributed by atoms with Crippen LogP contribution in [0.15, 0.2) is 18.2 Å². The Labute approximate surface area is 147 Å². The summed E-state index contributed by atoms with van der Waals surface area (Å²) in [4.78, 5) is 24.7. The Morgan fingerprint density at radius 2 is 2.00 bits per heavy atom. The van der Waals surface area contributed by atoms with Crippen molar-refractivity contribution in [3.8, 4) is 0 Å². The SMILES string of the molecule is Cc1cc([N+](=O)[O-])ccc1C(=O)NC1CCN(CCS(C)(=O)=O)CC1. The zero-order chi connectivity index (χ0) is 18.6.